The van der Waals surface area contributed by atoms with E-state index >= 15 is 0 Å². The molecule has 88 valence electrons. The van der Waals surface area contributed by atoms with Gasteiger partial charge < -0.3 is 4.42 Å². The van der Waals surface area contributed by atoms with Crippen LogP contribution < -0.4 is 5.63 Å². The largest absolute Gasteiger partial charge is 0.423 e. The summed E-state index contributed by atoms with van der Waals surface area (Å²) in [4.78, 5) is 11.2. The normalized spacial score (nSPS) is 9.75. The predicted octanol–water partition coefficient (Wildman–Crippen LogP) is 4.04. The molecule has 0 aliphatic carbocycles. The number of aryl methyl sites for hydroxylation is 1. The van der Waals surface area contributed by atoms with E-state index in [1.165, 1.54) is 0 Å². The third-order valence-electron chi connectivity index (χ3n) is 1.90. The zero-order chi connectivity index (χ0) is 12.6. The predicted molar refractivity (Wildman–Crippen MR) is 70.5 cm³/mol. The summed E-state index contributed by atoms with van der Waals surface area (Å²) in [5.74, 6) is 0.533. The molecule has 0 N–H and O–H groups in total. The molecule has 1 rings (SSSR count). The summed E-state index contributed by atoms with van der Waals surface area (Å²) in [5.41, 5.74) is 1.22. The fourth-order valence-corrected chi connectivity index (χ4v) is 1.14. The first-order valence-corrected chi connectivity index (χ1v) is 5.62. The number of hydrogen-bond donors (Lipinski definition) is 0. The van der Waals surface area contributed by atoms with Gasteiger partial charge in [0.2, 0.25) is 0 Å². The molecule has 0 radical (unpaired) electrons. The first-order valence-electron chi connectivity index (χ1n) is 5.62. The molecule has 1 aromatic rings. The van der Waals surface area contributed by atoms with Gasteiger partial charge in [0.05, 0.1) is 0 Å². The van der Waals surface area contributed by atoms with Crippen LogP contribution in [0.15, 0.2) is 27.9 Å². The van der Waals surface area contributed by atoms with Crippen molar-refractivity contribution in [2.45, 2.75) is 34.1 Å². The van der Waals surface area contributed by atoms with Crippen LogP contribution in [0.1, 0.15) is 44.1 Å². The Kier molecular flexibility index (Phi) is 6.93. The number of allylic oxidation sites excluding steroid dienone is 1. The lowest BCUT2D eigenvalue weighted by atomic mass is 10.1. The summed E-state index contributed by atoms with van der Waals surface area (Å²) in [6, 6.07) is 1.81. The number of hydrogen-bond acceptors (Lipinski definition) is 2. The van der Waals surface area contributed by atoms with Gasteiger partial charge in [0.1, 0.15) is 5.76 Å². The zero-order valence-corrected chi connectivity index (χ0v) is 10.5. The van der Waals surface area contributed by atoms with Crippen molar-refractivity contribution in [3.8, 4) is 0 Å². The Morgan fingerprint density at radius 1 is 1.44 bits per heavy atom. The standard InChI is InChI=1S/C12H14O2.C2H6/c1-4-6-7-10-8-9(3)12(13)14-11(10)5-2;1-2/h5-8H,2,4H2,1,3H3;1-2H3/b7-6-;. The molecule has 1 heterocycles. The van der Waals surface area contributed by atoms with Crippen LogP contribution in [-0.2, 0) is 0 Å². The molecule has 0 bridgehead atoms. The molecule has 0 saturated heterocycles. The summed E-state index contributed by atoms with van der Waals surface area (Å²) in [6.45, 7) is 11.4. The smallest absolute Gasteiger partial charge is 0.339 e. The molecule has 0 aromatic carbocycles. The zero-order valence-electron chi connectivity index (χ0n) is 10.5. The van der Waals surface area contributed by atoms with Gasteiger partial charge in [-0.05, 0) is 25.5 Å². The van der Waals surface area contributed by atoms with Gasteiger partial charge in [0.15, 0.2) is 0 Å². The minimum absolute atomic E-state index is 0.298. The van der Waals surface area contributed by atoms with Crippen LogP contribution in [0.25, 0.3) is 12.2 Å². The SMILES string of the molecule is C=Cc1oc(=O)c(C)cc1/C=C\CC.CC. The molecule has 0 saturated carbocycles. The monoisotopic (exact) mass is 220 g/mol. The molecule has 0 spiro atoms. The van der Waals surface area contributed by atoms with Crippen molar-refractivity contribution in [2.75, 3.05) is 0 Å². The Labute approximate surface area is 97.3 Å². The Bertz CT molecular complexity index is 411. The van der Waals surface area contributed by atoms with Crippen molar-refractivity contribution >= 4 is 12.2 Å². The Morgan fingerprint density at radius 3 is 2.56 bits per heavy atom. The van der Waals surface area contributed by atoms with Crippen LogP contribution in [0.2, 0.25) is 0 Å². The molecule has 0 unspecified atom stereocenters. The number of rotatable bonds is 3. The minimum Gasteiger partial charge on any atom is -0.423 e. The van der Waals surface area contributed by atoms with Crippen LogP contribution in [0, 0.1) is 6.92 Å². The van der Waals surface area contributed by atoms with E-state index in [2.05, 4.69) is 13.5 Å². The maximum atomic E-state index is 11.2. The average molecular weight is 220 g/mol. The highest BCUT2D eigenvalue weighted by atomic mass is 16.4. The first-order chi connectivity index (χ1) is 7.69. The van der Waals surface area contributed by atoms with E-state index < -0.39 is 0 Å². The Balaban J connectivity index is 0.00000106. The molecule has 2 nitrogen and oxygen atoms in total. The van der Waals surface area contributed by atoms with E-state index in [1.807, 2.05) is 32.1 Å². The van der Waals surface area contributed by atoms with Gasteiger partial charge in [-0.1, -0.05) is 39.5 Å². The van der Waals surface area contributed by atoms with Crippen LogP contribution in [0.5, 0.6) is 0 Å². The van der Waals surface area contributed by atoms with Crippen molar-refractivity contribution in [1.29, 1.82) is 0 Å². The van der Waals surface area contributed by atoms with Crippen LogP contribution in [-0.4, -0.2) is 0 Å². The summed E-state index contributed by atoms with van der Waals surface area (Å²) in [6.07, 6.45) is 6.46. The molecule has 2 heteroatoms. The first kappa shape index (κ1) is 14.4. The van der Waals surface area contributed by atoms with Crippen molar-refractivity contribution in [3.05, 3.63) is 46.0 Å². The molecular weight excluding hydrogens is 200 g/mol. The molecule has 16 heavy (non-hydrogen) atoms. The molecule has 0 aliphatic rings. The van der Waals surface area contributed by atoms with E-state index in [0.29, 0.717) is 11.3 Å². The third kappa shape index (κ3) is 3.89. The molecular formula is C14H20O2. The van der Waals surface area contributed by atoms with E-state index in [4.69, 9.17) is 4.42 Å². The van der Waals surface area contributed by atoms with Gasteiger partial charge in [-0.3, -0.25) is 0 Å². The molecule has 0 aliphatic heterocycles. The van der Waals surface area contributed by atoms with Crippen LogP contribution in [0.4, 0.5) is 0 Å². The minimum atomic E-state index is -0.298. The fourth-order valence-electron chi connectivity index (χ4n) is 1.14. The molecule has 1 aromatic heterocycles. The highest BCUT2D eigenvalue weighted by molar-refractivity contribution is 5.60. The van der Waals surface area contributed by atoms with Gasteiger partial charge in [0, 0.05) is 11.1 Å². The topological polar surface area (TPSA) is 30.2 Å². The lowest BCUT2D eigenvalue weighted by Crippen LogP contribution is -2.04. The maximum absolute atomic E-state index is 11.2. The van der Waals surface area contributed by atoms with E-state index in [1.54, 1.807) is 13.0 Å². The summed E-state index contributed by atoms with van der Waals surface area (Å²) < 4.78 is 5.06. The molecule has 0 fully saturated rings. The fraction of sp³-hybridized carbons (Fsp3) is 0.357. The van der Waals surface area contributed by atoms with Crippen LogP contribution in [0.3, 0.4) is 0 Å². The Morgan fingerprint density at radius 2 is 2.06 bits per heavy atom. The molecule has 0 amide bonds. The highest BCUT2D eigenvalue weighted by Crippen LogP contribution is 2.12. The van der Waals surface area contributed by atoms with Crippen molar-refractivity contribution in [1.82, 2.24) is 0 Å². The van der Waals surface area contributed by atoms with Crippen molar-refractivity contribution in [3.63, 3.8) is 0 Å². The van der Waals surface area contributed by atoms with Gasteiger partial charge in [-0.2, -0.15) is 0 Å². The second kappa shape index (κ2) is 7.69. The second-order valence-electron chi connectivity index (χ2n) is 3.05. The lowest BCUT2D eigenvalue weighted by Gasteiger charge is -1.99. The third-order valence-corrected chi connectivity index (χ3v) is 1.90. The summed E-state index contributed by atoms with van der Waals surface area (Å²) in [7, 11) is 0. The van der Waals surface area contributed by atoms with E-state index in [0.717, 1.165) is 12.0 Å². The second-order valence-corrected chi connectivity index (χ2v) is 3.05. The van der Waals surface area contributed by atoms with Gasteiger partial charge >= 0.3 is 5.63 Å². The molecule has 0 atom stereocenters. The van der Waals surface area contributed by atoms with Gasteiger partial charge in [0.25, 0.3) is 0 Å². The van der Waals surface area contributed by atoms with Gasteiger partial charge in [-0.15, -0.1) is 0 Å². The maximum Gasteiger partial charge on any atom is 0.339 e. The van der Waals surface area contributed by atoms with E-state index in [-0.39, 0.29) is 5.63 Å². The Hall–Kier alpha value is -1.57. The summed E-state index contributed by atoms with van der Waals surface area (Å²) >= 11 is 0. The average Bonchev–Trinajstić information content (AvgIpc) is 2.32. The van der Waals surface area contributed by atoms with Crippen molar-refractivity contribution < 1.29 is 4.42 Å². The van der Waals surface area contributed by atoms with Crippen LogP contribution >= 0.6 is 0 Å². The van der Waals surface area contributed by atoms with Gasteiger partial charge in [-0.25, -0.2) is 4.79 Å². The van der Waals surface area contributed by atoms with E-state index in [9.17, 15) is 4.79 Å². The quantitative estimate of drug-likeness (QED) is 0.769. The van der Waals surface area contributed by atoms with Crippen molar-refractivity contribution in [2.24, 2.45) is 0 Å². The lowest BCUT2D eigenvalue weighted by molar-refractivity contribution is 0.495. The highest BCUT2D eigenvalue weighted by Gasteiger charge is 2.02. The summed E-state index contributed by atoms with van der Waals surface area (Å²) in [5, 5.41) is 0.